The fourth-order valence-electron chi connectivity index (χ4n) is 10.7. The van der Waals surface area contributed by atoms with Crippen molar-refractivity contribution in [1.82, 2.24) is 30.7 Å². The Bertz CT molecular complexity index is 4110. The first-order valence-corrected chi connectivity index (χ1v) is 35.2. The van der Waals surface area contributed by atoms with Gasteiger partial charge < -0.3 is 59.1 Å². The highest BCUT2D eigenvalue weighted by molar-refractivity contribution is 6.30. The lowest BCUT2D eigenvalue weighted by Gasteiger charge is -2.25. The van der Waals surface area contributed by atoms with Crippen molar-refractivity contribution in [2.24, 2.45) is 17.8 Å². The summed E-state index contributed by atoms with van der Waals surface area (Å²) >= 11 is 5.89. The summed E-state index contributed by atoms with van der Waals surface area (Å²) in [6.07, 6.45) is 0.320. The highest BCUT2D eigenvalue weighted by atomic mass is 35.5. The summed E-state index contributed by atoms with van der Waals surface area (Å²) in [5.74, 6) is 2.94. The van der Waals surface area contributed by atoms with Crippen LogP contribution in [0.5, 0.6) is 34.5 Å². The average molecular weight is 1430 g/mol. The predicted octanol–water partition coefficient (Wildman–Crippen LogP) is 14.6. The van der Waals surface area contributed by atoms with Crippen molar-refractivity contribution in [3.8, 4) is 34.5 Å². The van der Waals surface area contributed by atoms with E-state index in [0.29, 0.717) is 136 Å². The van der Waals surface area contributed by atoms with E-state index in [4.69, 9.17) is 40.0 Å². The lowest BCUT2D eigenvalue weighted by atomic mass is 10.1. The first-order chi connectivity index (χ1) is 50.3. The predicted molar refractivity (Wildman–Crippen MR) is 408 cm³/mol. The molecule has 0 saturated carbocycles. The van der Waals surface area contributed by atoms with Crippen molar-refractivity contribution in [1.29, 1.82) is 0 Å². The fourth-order valence-corrected chi connectivity index (χ4v) is 10.9. The molecule has 0 aliphatic heterocycles. The molecule has 104 heavy (non-hydrogen) atoms. The smallest absolute Gasteiger partial charge is 0.251 e. The molecule has 0 fully saturated rings. The maximum Gasteiger partial charge on any atom is 0.251 e. The van der Waals surface area contributed by atoms with Crippen LogP contribution in [0.15, 0.2) is 231 Å². The second kappa shape index (κ2) is 43.0. The highest BCUT2D eigenvalue weighted by Crippen LogP contribution is 2.33. The number of halogens is 1. The minimum absolute atomic E-state index is 0.00844. The number of amides is 6. The van der Waals surface area contributed by atoms with E-state index >= 15 is 0 Å². The van der Waals surface area contributed by atoms with Gasteiger partial charge in [-0.25, -0.2) is 0 Å². The zero-order valence-electron chi connectivity index (χ0n) is 61.0. The van der Waals surface area contributed by atoms with Crippen LogP contribution in [0.25, 0.3) is 0 Å². The Hall–Kier alpha value is -11.1. The number of nitrogens with one attached hydrogen (secondary N) is 3. The Morgan fingerprint density at radius 3 is 0.933 bits per heavy atom. The Morgan fingerprint density at radius 1 is 0.337 bits per heavy atom. The second-order valence-corrected chi connectivity index (χ2v) is 25.9. The molecule has 0 aliphatic carbocycles. The third-order valence-electron chi connectivity index (χ3n) is 16.3. The van der Waals surface area contributed by atoms with Crippen LogP contribution in [0.2, 0.25) is 5.02 Å². The SMILES string of the molecule is COc1cc(CN(CCNC(=O)Cc2ccccc2)C(=O)C(C)C)ccc1OCc1ccccc1.COc1cc(CN(CCNC(=O)c2ccc(Cl)cc2)C(=O)C(C)C)ccc1OCc1ccccc1.COc1cc(CN(CCNC(=O)c2ccccc2)C(=O)C(C)C)ccc1OCc1ccccc1. The van der Waals surface area contributed by atoms with E-state index in [0.717, 1.165) is 38.9 Å². The van der Waals surface area contributed by atoms with Gasteiger partial charge in [-0.15, -0.1) is 0 Å². The largest absolute Gasteiger partial charge is 0.493 e. The van der Waals surface area contributed by atoms with E-state index in [9.17, 15) is 28.8 Å². The van der Waals surface area contributed by atoms with Crippen LogP contribution in [0.4, 0.5) is 0 Å². The summed E-state index contributed by atoms with van der Waals surface area (Å²) < 4.78 is 34.5. The van der Waals surface area contributed by atoms with Gasteiger partial charge >= 0.3 is 0 Å². The molecule has 0 bridgehead atoms. The molecule has 0 aliphatic rings. The Kier molecular flexibility index (Phi) is 33.1. The number of nitrogens with zero attached hydrogens (tertiary/aromatic N) is 3. The standard InChI is InChI=1S/C29H34N2O4.C28H31ClN2O4.C28H32N2O4/c1-22(2)29(33)31(17-16-30-28(32)19-23-10-6-4-7-11-23)20-25-14-15-26(27(18-25)34-3)35-21-24-12-8-5-9-13-24;1-20(2)28(33)31(16-15-30-27(32)23-10-12-24(29)13-11-23)18-22-9-14-25(26(17-22)34-3)35-19-21-7-5-4-6-8-21;1-21(2)28(32)30(17-16-29-27(31)24-12-8-5-9-13-24)19-23-14-15-25(26(18-23)33-3)34-20-22-10-6-4-7-11-22/h4-15,18,22H,16-17,19-21H2,1-3H3,(H,30,32);4-14,17,20H,15-16,18-19H2,1-3H3,(H,30,32);4-15,18,21H,16-17,19-20H2,1-3H3,(H,29,31). The first kappa shape index (κ1) is 80.2. The van der Waals surface area contributed by atoms with Crippen LogP contribution in [0.1, 0.15) is 101 Å². The minimum Gasteiger partial charge on any atom is -0.493 e. The zero-order chi connectivity index (χ0) is 74.6. The van der Waals surface area contributed by atoms with Crippen LogP contribution in [-0.4, -0.2) is 111 Å². The molecule has 9 aromatic rings. The van der Waals surface area contributed by atoms with Crippen LogP contribution in [0, 0.1) is 17.8 Å². The number of rotatable bonds is 34. The maximum absolute atomic E-state index is 12.9. The van der Waals surface area contributed by atoms with E-state index in [1.807, 2.05) is 236 Å². The number of carbonyl (C=O) groups is 6. The Balaban J connectivity index is 0.000000218. The summed E-state index contributed by atoms with van der Waals surface area (Å²) in [7, 11) is 4.80. The molecule has 6 amide bonds. The number of carbonyl (C=O) groups excluding carboxylic acids is 6. The van der Waals surface area contributed by atoms with Crippen LogP contribution in [0.3, 0.4) is 0 Å². The molecule has 9 rings (SSSR count). The van der Waals surface area contributed by atoms with Crippen LogP contribution >= 0.6 is 11.6 Å². The van der Waals surface area contributed by atoms with Crippen molar-refractivity contribution in [2.45, 2.75) is 87.4 Å². The third-order valence-corrected chi connectivity index (χ3v) is 16.6. The number of methoxy groups -OCH3 is 3. The van der Waals surface area contributed by atoms with Gasteiger partial charge in [-0.05, 0) is 112 Å². The molecule has 0 heterocycles. The molecule has 9 aromatic carbocycles. The van der Waals surface area contributed by atoms with Crippen molar-refractivity contribution in [3.05, 3.63) is 286 Å². The minimum atomic E-state index is -0.208. The molecule has 0 aromatic heterocycles. The first-order valence-electron chi connectivity index (χ1n) is 34.9. The molecule has 3 N–H and O–H groups in total. The summed E-state index contributed by atoms with van der Waals surface area (Å²) in [5, 5.41) is 9.27. The van der Waals surface area contributed by atoms with Crippen LogP contribution < -0.4 is 44.4 Å². The van der Waals surface area contributed by atoms with Gasteiger partial charge in [0.25, 0.3) is 11.8 Å². The summed E-state index contributed by atoms with van der Waals surface area (Å²) in [4.78, 5) is 80.8. The van der Waals surface area contributed by atoms with Gasteiger partial charge in [0, 0.05) is 92.8 Å². The molecule has 0 spiro atoms. The van der Waals surface area contributed by atoms with Crippen molar-refractivity contribution in [2.75, 3.05) is 60.6 Å². The normalized spacial score (nSPS) is 10.6. The van der Waals surface area contributed by atoms with Crippen molar-refractivity contribution in [3.63, 3.8) is 0 Å². The Morgan fingerprint density at radius 2 is 0.625 bits per heavy atom. The lowest BCUT2D eigenvalue weighted by molar-refractivity contribution is -0.135. The number of hydrogen-bond acceptors (Lipinski definition) is 12. The molecule has 0 saturated heterocycles. The van der Waals surface area contributed by atoms with E-state index in [-0.39, 0.29) is 53.2 Å². The second-order valence-electron chi connectivity index (χ2n) is 25.4. The monoisotopic (exact) mass is 1430 g/mol. The quantitative estimate of drug-likeness (QED) is 0.0345. The molecule has 18 nitrogen and oxygen atoms in total. The lowest BCUT2D eigenvalue weighted by Crippen LogP contribution is -2.40. The average Bonchev–Trinajstić information content (AvgIpc) is 0.862. The van der Waals surface area contributed by atoms with Gasteiger partial charge in [0.1, 0.15) is 19.8 Å². The summed E-state index contributed by atoms with van der Waals surface area (Å²) in [6.45, 7) is 16.1. The van der Waals surface area contributed by atoms with Gasteiger partial charge in [0.05, 0.1) is 27.8 Å². The van der Waals surface area contributed by atoms with E-state index in [2.05, 4.69) is 16.0 Å². The fraction of sp³-hybridized carbons (Fsp3) is 0.294. The van der Waals surface area contributed by atoms with Gasteiger partial charge in [-0.2, -0.15) is 0 Å². The van der Waals surface area contributed by atoms with Crippen molar-refractivity contribution < 1.29 is 57.2 Å². The molecular weight excluding hydrogens is 1330 g/mol. The van der Waals surface area contributed by atoms with Crippen LogP contribution in [-0.2, 0) is 65.1 Å². The highest BCUT2D eigenvalue weighted by Gasteiger charge is 2.23. The van der Waals surface area contributed by atoms with Gasteiger partial charge in [-0.3, -0.25) is 28.8 Å². The van der Waals surface area contributed by atoms with E-state index < -0.39 is 0 Å². The molecule has 546 valence electrons. The number of benzene rings is 9. The number of hydrogen-bond donors (Lipinski definition) is 3. The molecule has 0 atom stereocenters. The van der Waals surface area contributed by atoms with E-state index in [1.54, 1.807) is 72.4 Å². The van der Waals surface area contributed by atoms with Crippen molar-refractivity contribution >= 4 is 47.0 Å². The van der Waals surface area contributed by atoms with Gasteiger partial charge in [0.15, 0.2) is 34.5 Å². The summed E-state index contributed by atoms with van der Waals surface area (Å²) in [5.41, 5.74) is 8.04. The zero-order valence-corrected chi connectivity index (χ0v) is 61.7. The third kappa shape index (κ3) is 27.0. The Labute approximate surface area is 617 Å². The topological polar surface area (TPSA) is 204 Å². The summed E-state index contributed by atoms with van der Waals surface area (Å²) in [6, 6.07) is 72.2. The molecular formula is C85H97ClN6O12. The van der Waals surface area contributed by atoms with Gasteiger partial charge in [0.2, 0.25) is 23.6 Å². The number of ether oxygens (including phenoxy) is 6. The molecule has 0 radical (unpaired) electrons. The molecule has 0 unspecified atom stereocenters. The van der Waals surface area contributed by atoms with Gasteiger partial charge in [-0.1, -0.05) is 211 Å². The molecule has 19 heteroatoms. The van der Waals surface area contributed by atoms with E-state index in [1.165, 1.54) is 0 Å². The maximum atomic E-state index is 12.9.